The largest absolute Gasteiger partial charge is 0.416 e. The van der Waals surface area contributed by atoms with Gasteiger partial charge in [-0.15, -0.1) is 0 Å². The zero-order valence-corrected chi connectivity index (χ0v) is 53.8. The summed E-state index contributed by atoms with van der Waals surface area (Å²) in [4.78, 5) is 66.0. The molecule has 6 aromatic carbocycles. The number of carbonyl (C=O) groups excluding carboxylic acids is 2. The first-order valence-electron chi connectivity index (χ1n) is 43.6. The van der Waals surface area contributed by atoms with Crippen molar-refractivity contribution in [3.05, 3.63) is 233 Å². The minimum absolute atomic E-state index is 0.00360. The van der Waals surface area contributed by atoms with Crippen molar-refractivity contribution in [2.24, 2.45) is 5.89 Å². The van der Waals surface area contributed by atoms with Crippen LogP contribution in [0.5, 0.6) is 0 Å². The minimum atomic E-state index is -5.37. The van der Waals surface area contributed by atoms with Gasteiger partial charge in [-0.05, 0) is 170 Å². The van der Waals surface area contributed by atoms with Gasteiger partial charge in [-0.2, -0.15) is 36.3 Å². The molecule has 2 aliphatic carbocycles. The SMILES string of the molecule is [2H]C([2H])(c1ccc(-c2ccc(C(F)(F)F)cc2)cc1)N(C(=O)C([2H])([2H])n1c(SCc2ccc(F)cc2)nc(=O)c2c1C([2H])([2H])C([2H])(C)C2([2H])[2H])C([2H])([2H])C([2H])([2H])N(CC)CC.[2H]c1c([2H])c(C(F)(F)F)c([2H])c([2H])c1-c1c([2H])c([2H])c(C([2H])([2H])N(C(=O)C([2H])([2H])n2c(SCc3ccc(F)cc3)nc(=O)c3c2CCC3)C([2H])([2H])C([2H])([2H])N(CC)CC)c(C)c1[2H]. The van der Waals surface area contributed by atoms with Gasteiger partial charge in [0.25, 0.3) is 11.1 Å². The molecule has 0 radical (unpaired) electrons. The number of aromatic nitrogens is 4. The van der Waals surface area contributed by atoms with E-state index < -0.39 is 225 Å². The topological polar surface area (TPSA) is 117 Å². The lowest BCUT2D eigenvalue weighted by Crippen LogP contribution is -2.40. The van der Waals surface area contributed by atoms with Crippen LogP contribution in [0.2, 0.25) is 0 Å². The van der Waals surface area contributed by atoms with E-state index in [4.69, 9.17) is 21.9 Å². The maximum Gasteiger partial charge on any atom is 0.416 e. The smallest absolute Gasteiger partial charge is 0.336 e. The minimum Gasteiger partial charge on any atom is -0.336 e. The first kappa shape index (κ1) is 43.4. The standard InChI is InChI=1S/2C37H40F4N4O2S/c1-4-43(5-2)18-19-44(22-26-6-10-28(11-7-26)29-12-14-30(15-13-29)37(39,40)41)34(46)23-45-33-21-25(3)20-32(33)35(47)42-36(45)48-24-27-8-16-31(38)17-9-27;1-4-43(5-2)19-20-44(22-29-12-11-28(21-25(29)3)27-13-15-30(16-14-27)37(39,40)41)34(46)23-45-33-8-6-7-32(33)35(47)42-36(45)48-24-26-9-17-31(38)18-10-26/h6-17,25H,4-5,18-24H2,1-3H3;9-18,21H,4-8,19-20,22-24H2,1-3H3/i18D2,19D2,20D2,21D2,22D2,23D2,25D;11D,12D,13D,14D,15D,16D,19D2,20D2,21D,22D2,23D2. The van der Waals surface area contributed by atoms with Gasteiger partial charge in [0.05, 0.1) is 37.2 Å². The number of thioether (sulfide) groups is 2. The van der Waals surface area contributed by atoms with Crippen LogP contribution in [-0.4, -0.2) is 103 Å². The molecule has 0 saturated heterocycles. The fourth-order valence-corrected chi connectivity index (χ4v) is 11.0. The number of nitrogens with zero attached hydrogens (tertiary/aromatic N) is 8. The van der Waals surface area contributed by atoms with E-state index in [9.17, 15) is 61.2 Å². The van der Waals surface area contributed by atoms with Crippen molar-refractivity contribution in [3.8, 4) is 22.3 Å². The van der Waals surface area contributed by atoms with E-state index in [0.717, 1.165) is 96.1 Å². The van der Waals surface area contributed by atoms with E-state index in [2.05, 4.69) is 9.97 Å². The number of benzene rings is 6. The monoisotopic (exact) mass is 1390 g/mol. The molecule has 2 aliphatic rings. The first-order chi connectivity index (χ1) is 56.8. The molecule has 0 aliphatic heterocycles. The van der Waals surface area contributed by atoms with Crippen molar-refractivity contribution >= 4 is 35.3 Å². The summed E-state index contributed by atoms with van der Waals surface area (Å²) >= 11 is 1.25. The summed E-state index contributed by atoms with van der Waals surface area (Å²) < 4.78 is 361. The van der Waals surface area contributed by atoms with E-state index in [1.165, 1.54) is 64.1 Å². The Bertz CT molecular complexity index is 5490. The number of rotatable bonds is 26. The lowest BCUT2D eigenvalue weighted by molar-refractivity contribution is -0.138. The van der Waals surface area contributed by atoms with Gasteiger partial charge in [0, 0.05) is 85.3 Å². The Morgan fingerprint density at radius 3 is 1.53 bits per heavy atom. The predicted molar refractivity (Wildman–Crippen MR) is 362 cm³/mol. The van der Waals surface area contributed by atoms with Crippen molar-refractivity contribution in [1.29, 1.82) is 0 Å². The number of alkyl halides is 6. The summed E-state index contributed by atoms with van der Waals surface area (Å²) in [6.07, 6.45) is -16.1. The van der Waals surface area contributed by atoms with Gasteiger partial charge in [0.15, 0.2) is 10.3 Å². The van der Waals surface area contributed by atoms with E-state index in [1.807, 2.05) is 0 Å². The Morgan fingerprint density at radius 1 is 0.573 bits per heavy atom. The molecule has 22 heteroatoms. The van der Waals surface area contributed by atoms with Crippen molar-refractivity contribution in [2.75, 3.05) is 52.2 Å². The average molecular weight is 1390 g/mol. The molecular formula is C74H80F8N8O4S2. The molecule has 0 bridgehead atoms. The third kappa shape index (κ3) is 19.0. The van der Waals surface area contributed by atoms with Crippen LogP contribution in [0.15, 0.2) is 159 Å². The lowest BCUT2D eigenvalue weighted by Gasteiger charge is -2.28. The third-order valence-corrected chi connectivity index (χ3v) is 16.4. The van der Waals surface area contributed by atoms with Gasteiger partial charge in [-0.1, -0.05) is 149 Å². The molecule has 0 N–H and O–H groups in total. The number of hydrogen-bond donors (Lipinski definition) is 0. The van der Waals surface area contributed by atoms with Crippen LogP contribution >= 0.6 is 23.5 Å². The Hall–Kier alpha value is -7.92. The quantitative estimate of drug-likeness (QED) is 0.0295. The molecule has 0 saturated carbocycles. The molecule has 2 amide bonds. The van der Waals surface area contributed by atoms with Gasteiger partial charge < -0.3 is 28.7 Å². The fraction of sp³-hybridized carbons (Fsp3) is 0.378. The van der Waals surface area contributed by atoms with Crippen LogP contribution < -0.4 is 11.1 Å². The molecule has 8 aromatic rings. The molecule has 508 valence electrons. The average Bonchev–Trinajstić information content (AvgIpc) is 1.51. The van der Waals surface area contributed by atoms with Crippen molar-refractivity contribution in [1.82, 2.24) is 38.7 Å². The van der Waals surface area contributed by atoms with Crippen LogP contribution in [0, 0.1) is 24.5 Å². The second-order valence-corrected chi connectivity index (χ2v) is 22.8. The van der Waals surface area contributed by atoms with Gasteiger partial charge in [0.2, 0.25) is 11.8 Å². The Labute approximate surface area is 603 Å². The highest BCUT2D eigenvalue weighted by Crippen LogP contribution is 2.35. The van der Waals surface area contributed by atoms with Gasteiger partial charge in [-0.3, -0.25) is 19.2 Å². The lowest BCUT2D eigenvalue weighted by atomic mass is 9.98. The molecule has 0 spiro atoms. The highest BCUT2D eigenvalue weighted by Gasteiger charge is 2.33. The molecule has 2 heterocycles. The van der Waals surface area contributed by atoms with Crippen molar-refractivity contribution < 1.29 is 83.1 Å². The molecule has 2 aromatic heterocycles. The second kappa shape index (κ2) is 32.9. The van der Waals surface area contributed by atoms with Crippen molar-refractivity contribution in [3.63, 3.8) is 0 Å². The molecule has 10 rings (SSSR count). The summed E-state index contributed by atoms with van der Waals surface area (Å²) in [6, 6.07) is 8.85. The maximum atomic E-state index is 15.2. The Kier molecular flexibility index (Phi) is 14.9. The molecule has 12 nitrogen and oxygen atoms in total. The van der Waals surface area contributed by atoms with E-state index >= 15 is 9.59 Å². The summed E-state index contributed by atoms with van der Waals surface area (Å²) in [5.41, 5.74) is -10.6. The maximum absolute atomic E-state index is 15.2. The van der Waals surface area contributed by atoms with Crippen molar-refractivity contribution in [2.45, 2.75) is 134 Å². The summed E-state index contributed by atoms with van der Waals surface area (Å²) in [5, 5.41) is -1.23. The molecule has 0 fully saturated rings. The summed E-state index contributed by atoms with van der Waals surface area (Å²) in [5.74, 6) is -8.67. The molecular weight excluding hydrogens is 1280 g/mol. The van der Waals surface area contributed by atoms with Crippen LogP contribution in [-0.2, 0) is 85.0 Å². The van der Waals surface area contributed by atoms with E-state index in [1.54, 1.807) is 0 Å². The Morgan fingerprint density at radius 2 is 1.03 bits per heavy atom. The van der Waals surface area contributed by atoms with Crippen LogP contribution in [0.25, 0.3) is 22.3 Å². The van der Waals surface area contributed by atoms with Crippen LogP contribution in [0.3, 0.4) is 0 Å². The highest BCUT2D eigenvalue weighted by molar-refractivity contribution is 7.98. The van der Waals surface area contributed by atoms with Crippen LogP contribution in [0.1, 0.15) is 141 Å². The molecule has 1 unspecified atom stereocenters. The summed E-state index contributed by atoms with van der Waals surface area (Å²) in [6.45, 7) is -22.8. The third-order valence-electron chi connectivity index (χ3n) is 14.4. The normalized spacial score (nSPS) is 20.9. The van der Waals surface area contributed by atoms with E-state index in [0.29, 0.717) is 27.5 Å². The van der Waals surface area contributed by atoms with Gasteiger partial charge in [-0.25, -0.2) is 8.78 Å². The fourth-order valence-electron chi connectivity index (χ4n) is 9.22. The molecule has 1 atom stereocenters. The second-order valence-electron chi connectivity index (χ2n) is 20.9. The molecule has 96 heavy (non-hydrogen) atoms. The van der Waals surface area contributed by atoms with Gasteiger partial charge in [0.1, 0.15) is 24.6 Å². The zero-order chi connectivity index (χ0) is 93.8. The van der Waals surface area contributed by atoms with E-state index in [-0.39, 0.29) is 88.8 Å². The number of amides is 2. The number of halogens is 8. The number of carbonyl (C=O) groups is 2. The number of hydrogen-bond acceptors (Lipinski definition) is 10. The zero-order valence-electron chi connectivity index (χ0n) is 80.2. The Balaban J connectivity index is 0.000000281. The first-order valence-corrected chi connectivity index (χ1v) is 31.6. The number of likely N-dealkylation sites (N-methyl/N-ethyl adjacent to an activating group) is 2. The predicted octanol–water partition coefficient (Wildman–Crippen LogP) is 15.0. The highest BCUT2D eigenvalue weighted by atomic mass is 32.2. The number of fused-ring (bicyclic) bond motifs is 2. The van der Waals surface area contributed by atoms with Crippen LogP contribution in [0.4, 0.5) is 35.1 Å². The van der Waals surface area contributed by atoms with Gasteiger partial charge >= 0.3 is 12.4 Å². The summed E-state index contributed by atoms with van der Waals surface area (Å²) in [7, 11) is 0.